The van der Waals surface area contributed by atoms with E-state index in [4.69, 9.17) is 9.47 Å². The third-order valence-electron chi connectivity index (χ3n) is 15.3. The lowest BCUT2D eigenvalue weighted by Gasteiger charge is -2.40. The van der Waals surface area contributed by atoms with Gasteiger partial charge < -0.3 is 40.3 Å². The molecule has 1 rings (SSSR count). The summed E-state index contributed by atoms with van der Waals surface area (Å²) >= 11 is 0. The molecule has 6 N–H and O–H groups in total. The zero-order chi connectivity index (χ0) is 55.0. The first-order chi connectivity index (χ1) is 37.3. The number of amides is 1. The minimum atomic E-state index is -1.58. The first-order valence-corrected chi connectivity index (χ1v) is 32.5. The summed E-state index contributed by atoms with van der Waals surface area (Å²) < 4.78 is 11.3. The van der Waals surface area contributed by atoms with Crippen LogP contribution >= 0.6 is 0 Å². The van der Waals surface area contributed by atoms with Crippen LogP contribution in [0.3, 0.4) is 0 Å². The minimum Gasteiger partial charge on any atom is -0.394 e. The van der Waals surface area contributed by atoms with Gasteiger partial charge in [-0.3, -0.25) is 4.79 Å². The maximum absolute atomic E-state index is 13.1. The van der Waals surface area contributed by atoms with Gasteiger partial charge in [0.2, 0.25) is 5.91 Å². The summed E-state index contributed by atoms with van der Waals surface area (Å²) in [4.78, 5) is 13.1. The molecule has 0 aliphatic carbocycles. The lowest BCUT2D eigenvalue weighted by Crippen LogP contribution is -2.60. The number of allylic oxidation sites excluding steroid dienone is 9. The highest BCUT2D eigenvalue weighted by atomic mass is 16.7. The normalized spacial score (nSPS) is 19.2. The van der Waals surface area contributed by atoms with Gasteiger partial charge in [-0.15, -0.1) is 0 Å². The van der Waals surface area contributed by atoms with Crippen LogP contribution in [0.4, 0.5) is 0 Å². The number of hydrogen-bond acceptors (Lipinski definition) is 8. The molecule has 0 aromatic heterocycles. The van der Waals surface area contributed by atoms with Crippen LogP contribution < -0.4 is 5.32 Å². The largest absolute Gasteiger partial charge is 0.394 e. The van der Waals surface area contributed by atoms with Crippen molar-refractivity contribution in [1.82, 2.24) is 5.32 Å². The fraction of sp³-hybridized carbons (Fsp3) is 0.836. The van der Waals surface area contributed by atoms with Crippen molar-refractivity contribution in [2.45, 2.75) is 346 Å². The number of aliphatic hydroxyl groups excluding tert-OH is 5. The summed E-state index contributed by atoms with van der Waals surface area (Å²) in [5, 5.41) is 54.5. The van der Waals surface area contributed by atoms with Crippen molar-refractivity contribution in [2.24, 2.45) is 0 Å². The first kappa shape index (κ1) is 71.9. The number of ether oxygens (including phenoxy) is 2. The zero-order valence-electron chi connectivity index (χ0n) is 49.5. The highest BCUT2D eigenvalue weighted by Crippen LogP contribution is 2.23. The maximum Gasteiger partial charge on any atom is 0.220 e. The fourth-order valence-corrected chi connectivity index (χ4v) is 10.2. The molecule has 1 saturated heterocycles. The van der Waals surface area contributed by atoms with E-state index in [2.05, 4.69) is 67.8 Å². The molecule has 0 aromatic rings. The van der Waals surface area contributed by atoms with Crippen molar-refractivity contribution in [3.8, 4) is 0 Å². The van der Waals surface area contributed by atoms with Gasteiger partial charge in [-0.25, -0.2) is 0 Å². The van der Waals surface area contributed by atoms with E-state index in [1.807, 2.05) is 6.08 Å². The fourth-order valence-electron chi connectivity index (χ4n) is 10.2. The van der Waals surface area contributed by atoms with Crippen molar-refractivity contribution in [3.05, 3.63) is 60.8 Å². The summed E-state index contributed by atoms with van der Waals surface area (Å²) in [5.74, 6) is -0.187. The van der Waals surface area contributed by atoms with Gasteiger partial charge in [0.25, 0.3) is 0 Å². The van der Waals surface area contributed by atoms with Gasteiger partial charge in [0.1, 0.15) is 24.4 Å². The predicted octanol–water partition coefficient (Wildman–Crippen LogP) is 17.0. The van der Waals surface area contributed by atoms with E-state index < -0.39 is 49.5 Å². The highest BCUT2D eigenvalue weighted by Gasteiger charge is 2.44. The van der Waals surface area contributed by atoms with Crippen molar-refractivity contribution in [2.75, 3.05) is 13.2 Å². The molecular weight excluding hydrogens is 947 g/mol. The molecule has 9 nitrogen and oxygen atoms in total. The molecule has 0 spiro atoms. The van der Waals surface area contributed by atoms with Crippen LogP contribution in [-0.2, 0) is 14.3 Å². The topological polar surface area (TPSA) is 149 Å². The van der Waals surface area contributed by atoms with Crippen LogP contribution in [0.15, 0.2) is 60.8 Å². The van der Waals surface area contributed by atoms with Crippen molar-refractivity contribution < 1.29 is 39.8 Å². The zero-order valence-corrected chi connectivity index (χ0v) is 49.5. The van der Waals surface area contributed by atoms with E-state index in [0.717, 1.165) is 57.8 Å². The van der Waals surface area contributed by atoms with Gasteiger partial charge in [0.15, 0.2) is 6.29 Å². The number of nitrogens with one attached hydrogen (secondary N) is 1. The molecule has 1 aliphatic rings. The second kappa shape index (κ2) is 56.2. The van der Waals surface area contributed by atoms with Gasteiger partial charge >= 0.3 is 0 Å². The molecule has 1 aliphatic heterocycles. The first-order valence-electron chi connectivity index (χ1n) is 32.5. The monoisotopic (exact) mass is 1070 g/mol. The van der Waals surface area contributed by atoms with Gasteiger partial charge in [-0.05, 0) is 77.0 Å². The average Bonchev–Trinajstić information content (AvgIpc) is 3.42. The second-order valence-corrected chi connectivity index (χ2v) is 22.5. The van der Waals surface area contributed by atoms with E-state index >= 15 is 0 Å². The summed E-state index contributed by atoms with van der Waals surface area (Å²) in [7, 11) is 0. The van der Waals surface area contributed by atoms with E-state index in [-0.39, 0.29) is 12.5 Å². The van der Waals surface area contributed by atoms with E-state index in [9.17, 15) is 30.3 Å². The number of unbranched alkanes of at least 4 members (excludes halogenated alkanes) is 38. The summed E-state index contributed by atoms with van der Waals surface area (Å²) in [6, 6.07) is -0.828. The van der Waals surface area contributed by atoms with Gasteiger partial charge in [-0.2, -0.15) is 0 Å². The van der Waals surface area contributed by atoms with Crippen LogP contribution in [0.1, 0.15) is 303 Å². The molecule has 1 amide bonds. The van der Waals surface area contributed by atoms with E-state index in [1.54, 1.807) is 6.08 Å². The molecule has 0 bridgehead atoms. The molecule has 1 fully saturated rings. The molecule has 7 atom stereocenters. The van der Waals surface area contributed by atoms with Crippen LogP contribution in [-0.4, -0.2) is 87.5 Å². The quantitative estimate of drug-likeness (QED) is 0.0261. The Balaban J connectivity index is 2.08. The predicted molar refractivity (Wildman–Crippen MR) is 322 cm³/mol. The standard InChI is InChI=1S/C67H123NO8/c1-3-5-7-9-11-13-15-17-19-21-22-23-24-25-26-27-28-29-30-31-32-33-34-35-36-37-38-39-40-41-43-45-47-49-51-53-55-57-63(71)68-60(59-75-67-66(74)65(73)64(72)62(58-69)76-67)61(70)56-54-52-50-48-46-44-42-20-18-16-14-12-10-8-6-4-2/h15,17-18,20-22,46,48,54,56,60-62,64-67,69-70,72-74H,3-14,16,19,23-45,47,49-53,55,57-59H2,1-2H3,(H,68,71)/b17-15-,20-18+,22-21-,48-46+,56-54+. The Kier molecular flexibility index (Phi) is 53.1. The lowest BCUT2D eigenvalue weighted by atomic mass is 9.99. The van der Waals surface area contributed by atoms with Crippen molar-refractivity contribution in [3.63, 3.8) is 0 Å². The molecular formula is C67H123NO8. The number of aliphatic hydroxyl groups is 5. The van der Waals surface area contributed by atoms with Crippen LogP contribution in [0, 0.1) is 0 Å². The van der Waals surface area contributed by atoms with E-state index in [0.29, 0.717) is 6.42 Å². The van der Waals surface area contributed by atoms with Crippen LogP contribution in [0.5, 0.6) is 0 Å². The van der Waals surface area contributed by atoms with E-state index in [1.165, 1.54) is 225 Å². The maximum atomic E-state index is 13.1. The number of rotatable bonds is 56. The van der Waals surface area contributed by atoms with Gasteiger partial charge in [-0.1, -0.05) is 280 Å². The molecule has 0 saturated carbocycles. The lowest BCUT2D eigenvalue weighted by molar-refractivity contribution is -0.302. The van der Waals surface area contributed by atoms with Crippen molar-refractivity contribution >= 4 is 5.91 Å². The molecule has 9 heteroatoms. The second-order valence-electron chi connectivity index (χ2n) is 22.5. The Morgan fingerprint density at radius 1 is 0.447 bits per heavy atom. The Hall–Kier alpha value is -2.11. The highest BCUT2D eigenvalue weighted by molar-refractivity contribution is 5.76. The average molecular weight is 1070 g/mol. The number of carbonyl (C=O) groups is 1. The van der Waals surface area contributed by atoms with Crippen LogP contribution in [0.25, 0.3) is 0 Å². The molecule has 7 unspecified atom stereocenters. The third-order valence-corrected chi connectivity index (χ3v) is 15.3. The summed E-state index contributed by atoms with van der Waals surface area (Å²) in [5.41, 5.74) is 0. The molecule has 0 radical (unpaired) electrons. The smallest absolute Gasteiger partial charge is 0.220 e. The molecule has 0 aromatic carbocycles. The SMILES string of the molecule is CCCCCCC/C=C\C/C=C\CCCCCCCCCCCCCCCCCCCCCCCCCCCC(=O)NC(COC1OC(CO)C(O)C(O)C1O)C(O)/C=C/CC/C=C/CC/C=C/CCCCCCCC. The third kappa shape index (κ3) is 44.7. The van der Waals surface area contributed by atoms with Crippen LogP contribution in [0.2, 0.25) is 0 Å². The summed E-state index contributed by atoms with van der Waals surface area (Å²) in [6.07, 6.45) is 70.4. The van der Waals surface area contributed by atoms with Gasteiger partial charge in [0, 0.05) is 6.42 Å². The Morgan fingerprint density at radius 2 is 0.789 bits per heavy atom. The summed E-state index contributed by atoms with van der Waals surface area (Å²) in [6.45, 7) is 3.76. The molecule has 1 heterocycles. The number of carbonyl (C=O) groups excluding carboxylic acids is 1. The molecule has 76 heavy (non-hydrogen) atoms. The Labute approximate surface area is 468 Å². The Bertz CT molecular complexity index is 1380. The minimum absolute atomic E-state index is 0.187. The molecule has 444 valence electrons. The van der Waals surface area contributed by atoms with Crippen molar-refractivity contribution in [1.29, 1.82) is 0 Å². The Morgan fingerprint density at radius 3 is 1.18 bits per heavy atom. The number of hydrogen-bond donors (Lipinski definition) is 6. The van der Waals surface area contributed by atoms with Gasteiger partial charge in [0.05, 0.1) is 25.4 Å².